The number of carbonyl (C=O) groups is 1. The van der Waals surface area contributed by atoms with Gasteiger partial charge in [-0.05, 0) is 77.7 Å². The molecule has 0 aromatic carbocycles. The molecule has 0 aliphatic heterocycles. The second-order valence-electron chi connectivity index (χ2n) is 8.05. The van der Waals surface area contributed by atoms with Crippen molar-refractivity contribution in [1.82, 2.24) is 5.48 Å². The van der Waals surface area contributed by atoms with E-state index in [1.807, 2.05) is 13.0 Å². The van der Waals surface area contributed by atoms with Gasteiger partial charge in [-0.1, -0.05) is 53.5 Å². The van der Waals surface area contributed by atoms with Gasteiger partial charge in [0, 0.05) is 6.42 Å². The number of allylic oxidation sites excluding steroid dienone is 7. The van der Waals surface area contributed by atoms with Crippen molar-refractivity contribution in [1.29, 1.82) is 0 Å². The van der Waals surface area contributed by atoms with Crippen LogP contribution in [0.4, 0.5) is 0 Å². The van der Waals surface area contributed by atoms with Crippen LogP contribution in [0.3, 0.4) is 0 Å². The standard InChI is InChI=1S/C24H40NO4P/c1-7-23(30(27)28)24(26)25-29-18-17-22(6)16-10-15-21(5)14-9-13-20(4)12-8-11-19(2)3/h11,13,15,17,23H,7-10,12,14,16,18H2,1-6H3,(H-,25,26,27,28)/p+1. The molecule has 0 rings (SSSR count). The highest BCUT2D eigenvalue weighted by molar-refractivity contribution is 7.40. The topological polar surface area (TPSA) is 75.6 Å². The largest absolute Gasteiger partial charge is 0.518 e. The van der Waals surface area contributed by atoms with Crippen LogP contribution in [-0.4, -0.2) is 23.1 Å². The molecule has 1 amide bonds. The minimum Gasteiger partial charge on any atom is -0.269 e. The number of nitrogens with one attached hydrogen (secondary N) is 1. The maximum atomic E-state index is 11.7. The number of hydrogen-bond donors (Lipinski definition) is 2. The number of hydrogen-bond acceptors (Lipinski definition) is 3. The predicted octanol–water partition coefficient (Wildman–Crippen LogP) is 6.69. The number of carbonyl (C=O) groups excluding carboxylic acids is 1. The Morgan fingerprint density at radius 2 is 1.37 bits per heavy atom. The van der Waals surface area contributed by atoms with Crippen molar-refractivity contribution in [2.45, 2.75) is 92.1 Å². The summed E-state index contributed by atoms with van der Waals surface area (Å²) in [6.45, 7) is 12.6. The van der Waals surface area contributed by atoms with Crippen molar-refractivity contribution < 1.29 is 19.1 Å². The smallest absolute Gasteiger partial charge is 0.269 e. The van der Waals surface area contributed by atoms with E-state index in [1.165, 1.54) is 22.3 Å². The Morgan fingerprint density at radius 3 is 1.80 bits per heavy atom. The van der Waals surface area contributed by atoms with Gasteiger partial charge in [-0.3, -0.25) is 9.63 Å². The van der Waals surface area contributed by atoms with E-state index in [0.29, 0.717) is 6.42 Å². The number of hydroxylamine groups is 1. The zero-order valence-electron chi connectivity index (χ0n) is 19.7. The van der Waals surface area contributed by atoms with Crippen molar-refractivity contribution >= 4 is 13.9 Å². The van der Waals surface area contributed by atoms with Gasteiger partial charge >= 0.3 is 8.03 Å². The van der Waals surface area contributed by atoms with E-state index < -0.39 is 19.6 Å². The molecule has 170 valence electrons. The fourth-order valence-electron chi connectivity index (χ4n) is 2.79. The molecule has 2 unspecified atom stereocenters. The van der Waals surface area contributed by atoms with Crippen molar-refractivity contribution in [2.24, 2.45) is 0 Å². The molecule has 30 heavy (non-hydrogen) atoms. The van der Waals surface area contributed by atoms with Crippen LogP contribution in [0, 0.1) is 0 Å². The van der Waals surface area contributed by atoms with Crippen LogP contribution in [0.5, 0.6) is 0 Å². The Labute approximate surface area is 184 Å². The molecule has 6 heteroatoms. The summed E-state index contributed by atoms with van der Waals surface area (Å²) in [5.74, 6) is -0.549. The first-order chi connectivity index (χ1) is 14.2. The normalized spacial score (nSPS) is 14.4. The van der Waals surface area contributed by atoms with E-state index in [-0.39, 0.29) is 6.61 Å². The summed E-state index contributed by atoms with van der Waals surface area (Å²) in [6, 6.07) is 0. The van der Waals surface area contributed by atoms with E-state index in [9.17, 15) is 9.36 Å². The molecule has 0 fully saturated rings. The third-order valence-corrected chi connectivity index (χ3v) is 5.93. The van der Waals surface area contributed by atoms with Gasteiger partial charge in [0.2, 0.25) is 0 Å². The van der Waals surface area contributed by atoms with Crippen molar-refractivity contribution in [3.63, 3.8) is 0 Å². The molecular formula is C24H41NO4P+. The van der Waals surface area contributed by atoms with Gasteiger partial charge in [-0.25, -0.2) is 5.48 Å². The number of rotatable bonds is 15. The lowest BCUT2D eigenvalue weighted by Crippen LogP contribution is -2.32. The molecule has 0 radical (unpaired) electrons. The third kappa shape index (κ3) is 15.3. The van der Waals surface area contributed by atoms with Crippen LogP contribution >= 0.6 is 8.03 Å². The maximum absolute atomic E-state index is 11.7. The van der Waals surface area contributed by atoms with Crippen LogP contribution in [-0.2, 0) is 14.2 Å². The van der Waals surface area contributed by atoms with Crippen LogP contribution < -0.4 is 5.48 Å². The lowest BCUT2D eigenvalue weighted by atomic mass is 10.0. The van der Waals surface area contributed by atoms with Crippen LogP contribution in [0.1, 0.15) is 86.5 Å². The molecule has 0 saturated heterocycles. The summed E-state index contributed by atoms with van der Waals surface area (Å²) >= 11 is 0. The molecule has 5 nitrogen and oxygen atoms in total. The fourth-order valence-corrected chi connectivity index (χ4v) is 3.36. The predicted molar refractivity (Wildman–Crippen MR) is 126 cm³/mol. The third-order valence-electron chi connectivity index (χ3n) is 4.80. The Morgan fingerprint density at radius 1 is 0.900 bits per heavy atom. The number of amides is 1. The Hall–Kier alpha value is -1.55. The Bertz CT molecular complexity index is 658. The van der Waals surface area contributed by atoms with Gasteiger partial charge in [0.15, 0.2) is 0 Å². The average Bonchev–Trinajstić information content (AvgIpc) is 2.65. The van der Waals surface area contributed by atoms with Crippen LogP contribution in [0.15, 0.2) is 46.6 Å². The van der Waals surface area contributed by atoms with E-state index >= 15 is 0 Å². The first kappa shape index (κ1) is 28.5. The molecule has 0 aromatic heterocycles. The second kappa shape index (κ2) is 17.2. The molecule has 0 spiro atoms. The highest BCUT2D eigenvalue weighted by Crippen LogP contribution is 2.25. The van der Waals surface area contributed by atoms with Crippen molar-refractivity contribution in [3.05, 3.63) is 46.6 Å². The summed E-state index contributed by atoms with van der Waals surface area (Å²) in [5, 5.41) is 0. The maximum Gasteiger partial charge on any atom is 0.518 e. The van der Waals surface area contributed by atoms with Crippen LogP contribution in [0.2, 0.25) is 0 Å². The summed E-state index contributed by atoms with van der Waals surface area (Å²) in [5.41, 5.74) is 6.76. The van der Waals surface area contributed by atoms with E-state index in [1.54, 1.807) is 6.92 Å². The SMILES string of the molecule is CCC(C(=O)NOCC=C(C)CCC=C(C)CCC=C(C)CCC=C(C)C)[P+](=O)O. The zero-order chi connectivity index (χ0) is 22.9. The van der Waals surface area contributed by atoms with E-state index in [0.717, 1.165) is 38.5 Å². The van der Waals surface area contributed by atoms with E-state index in [4.69, 9.17) is 9.73 Å². The van der Waals surface area contributed by atoms with Crippen molar-refractivity contribution in [3.8, 4) is 0 Å². The fraction of sp³-hybridized carbons (Fsp3) is 0.625. The average molecular weight is 439 g/mol. The van der Waals surface area contributed by atoms with Gasteiger partial charge in [-0.15, -0.1) is 0 Å². The van der Waals surface area contributed by atoms with Crippen LogP contribution in [0.25, 0.3) is 0 Å². The molecular weight excluding hydrogens is 397 g/mol. The molecule has 0 saturated carbocycles. The zero-order valence-corrected chi connectivity index (χ0v) is 20.6. The Kier molecular flexibility index (Phi) is 16.3. The molecule has 0 aliphatic carbocycles. The van der Waals surface area contributed by atoms with E-state index in [2.05, 4.69) is 51.4 Å². The monoisotopic (exact) mass is 438 g/mol. The summed E-state index contributed by atoms with van der Waals surface area (Å²) in [6.07, 6.45) is 15.5. The molecule has 0 aromatic rings. The van der Waals surface area contributed by atoms with Gasteiger partial charge < -0.3 is 0 Å². The lowest BCUT2D eigenvalue weighted by Gasteiger charge is -2.05. The summed E-state index contributed by atoms with van der Waals surface area (Å²) in [4.78, 5) is 25.9. The highest BCUT2D eigenvalue weighted by atomic mass is 31.1. The second-order valence-corrected chi connectivity index (χ2v) is 9.28. The molecule has 0 bridgehead atoms. The van der Waals surface area contributed by atoms with Gasteiger partial charge in [0.25, 0.3) is 11.6 Å². The Balaban J connectivity index is 4.10. The summed E-state index contributed by atoms with van der Waals surface area (Å²) in [7, 11) is -2.53. The molecule has 0 heterocycles. The van der Waals surface area contributed by atoms with Crippen molar-refractivity contribution in [2.75, 3.05) is 6.61 Å². The van der Waals surface area contributed by atoms with Gasteiger partial charge in [-0.2, -0.15) is 4.89 Å². The first-order valence-corrected chi connectivity index (χ1v) is 12.1. The van der Waals surface area contributed by atoms with Gasteiger partial charge in [0.05, 0.1) is 6.61 Å². The first-order valence-electron chi connectivity index (χ1n) is 10.8. The molecule has 0 aliphatic rings. The highest BCUT2D eigenvalue weighted by Gasteiger charge is 2.35. The molecule has 2 atom stereocenters. The molecule has 2 N–H and O–H groups in total. The summed E-state index contributed by atoms with van der Waals surface area (Å²) < 4.78 is 11.1. The minimum absolute atomic E-state index is 0.246. The van der Waals surface area contributed by atoms with Gasteiger partial charge in [0.1, 0.15) is 0 Å². The minimum atomic E-state index is -2.53. The lowest BCUT2D eigenvalue weighted by molar-refractivity contribution is -0.132. The quantitative estimate of drug-likeness (QED) is 0.129.